The highest BCUT2D eigenvalue weighted by molar-refractivity contribution is 7.20. The molecule has 5 heteroatoms. The number of aromatic nitrogens is 1. The van der Waals surface area contributed by atoms with E-state index in [0.717, 1.165) is 44.5 Å². The lowest BCUT2D eigenvalue weighted by Crippen LogP contribution is -2.31. The molecular weight excluding hydrogens is 368 g/mol. The first-order chi connectivity index (χ1) is 13.6. The second kappa shape index (κ2) is 7.60. The molecule has 2 heterocycles. The Balaban J connectivity index is 1.75. The zero-order chi connectivity index (χ0) is 19.7. The summed E-state index contributed by atoms with van der Waals surface area (Å²) < 4.78 is 5.30. The number of rotatable bonds is 5. The minimum atomic E-state index is 0.0251. The van der Waals surface area contributed by atoms with Gasteiger partial charge < -0.3 is 9.64 Å². The molecular formula is C23H22N2O2S. The lowest BCUT2D eigenvalue weighted by atomic mass is 10.1. The minimum absolute atomic E-state index is 0.0251. The first-order valence-electron chi connectivity index (χ1n) is 9.36. The number of fused-ring (bicyclic) bond motifs is 2. The van der Waals surface area contributed by atoms with Crippen molar-refractivity contribution in [1.29, 1.82) is 0 Å². The van der Waals surface area contributed by atoms with Gasteiger partial charge in [-0.15, -0.1) is 11.3 Å². The Kier molecular flexibility index (Phi) is 5.01. The monoisotopic (exact) mass is 390 g/mol. The lowest BCUT2D eigenvalue weighted by molar-refractivity contribution is 0.0991. The number of carbonyl (C=O) groups excluding carboxylic acids is 1. The third-order valence-corrected chi connectivity index (χ3v) is 5.76. The van der Waals surface area contributed by atoms with Crippen molar-refractivity contribution in [1.82, 2.24) is 4.98 Å². The normalized spacial score (nSPS) is 11.1. The van der Waals surface area contributed by atoms with Gasteiger partial charge in [-0.25, -0.2) is 4.98 Å². The summed E-state index contributed by atoms with van der Waals surface area (Å²) in [6, 6.07) is 18.0. The van der Waals surface area contributed by atoms with Crippen LogP contribution in [0.1, 0.15) is 28.6 Å². The maximum atomic E-state index is 13.3. The van der Waals surface area contributed by atoms with Crippen LogP contribution in [0.4, 0.5) is 5.69 Å². The second-order valence-corrected chi connectivity index (χ2v) is 7.88. The molecule has 0 N–H and O–H groups in total. The maximum Gasteiger partial charge on any atom is 0.268 e. The van der Waals surface area contributed by atoms with Crippen molar-refractivity contribution in [3.63, 3.8) is 0 Å². The van der Waals surface area contributed by atoms with Gasteiger partial charge in [0.15, 0.2) is 0 Å². The van der Waals surface area contributed by atoms with E-state index in [1.807, 2.05) is 54.3 Å². The number of methoxy groups -OCH3 is 1. The van der Waals surface area contributed by atoms with Crippen LogP contribution in [0.5, 0.6) is 5.75 Å². The number of carbonyl (C=O) groups is 1. The van der Waals surface area contributed by atoms with E-state index in [9.17, 15) is 4.79 Å². The molecule has 0 unspecified atom stereocenters. The molecule has 0 fully saturated rings. The Morgan fingerprint density at radius 2 is 1.96 bits per heavy atom. The van der Waals surface area contributed by atoms with Gasteiger partial charge in [0.25, 0.3) is 5.91 Å². The van der Waals surface area contributed by atoms with Crippen LogP contribution in [0.25, 0.3) is 21.1 Å². The van der Waals surface area contributed by atoms with E-state index in [2.05, 4.69) is 19.1 Å². The standard InChI is InChI=1S/C23H22N2O2S/c1-4-10-25(18-7-5-6-15(2)11-18)23(26)21-13-17-12-16-8-9-19(27-3)14-20(16)24-22(17)28-21/h5-9,11-14H,4,10H2,1-3H3. The summed E-state index contributed by atoms with van der Waals surface area (Å²) in [6.45, 7) is 4.81. The summed E-state index contributed by atoms with van der Waals surface area (Å²) >= 11 is 1.44. The largest absolute Gasteiger partial charge is 0.497 e. The molecule has 0 aliphatic heterocycles. The number of hydrogen-bond donors (Lipinski definition) is 0. The molecule has 0 saturated carbocycles. The van der Waals surface area contributed by atoms with Crippen LogP contribution in [-0.4, -0.2) is 24.5 Å². The molecule has 28 heavy (non-hydrogen) atoms. The average molecular weight is 391 g/mol. The number of benzene rings is 2. The summed E-state index contributed by atoms with van der Waals surface area (Å²) in [5.74, 6) is 0.804. The smallest absolute Gasteiger partial charge is 0.268 e. The van der Waals surface area contributed by atoms with Gasteiger partial charge in [-0.05, 0) is 55.3 Å². The van der Waals surface area contributed by atoms with E-state index in [-0.39, 0.29) is 5.91 Å². The Labute approximate surface area is 168 Å². The SMILES string of the molecule is CCCN(C(=O)c1cc2cc3ccc(OC)cc3nc2s1)c1cccc(C)c1. The molecule has 0 atom stereocenters. The predicted molar refractivity (Wildman–Crippen MR) is 117 cm³/mol. The summed E-state index contributed by atoms with van der Waals surface area (Å²) in [6.07, 6.45) is 0.895. The summed E-state index contributed by atoms with van der Waals surface area (Å²) in [5.41, 5.74) is 2.95. The third kappa shape index (κ3) is 3.45. The Bertz CT molecular complexity index is 1170. The van der Waals surface area contributed by atoms with Gasteiger partial charge in [0.2, 0.25) is 0 Å². The van der Waals surface area contributed by atoms with Crippen LogP contribution in [0.3, 0.4) is 0 Å². The Hall–Kier alpha value is -2.92. The van der Waals surface area contributed by atoms with Crippen molar-refractivity contribution in [3.05, 3.63) is 65.0 Å². The van der Waals surface area contributed by atoms with Crippen molar-refractivity contribution in [2.24, 2.45) is 0 Å². The van der Waals surface area contributed by atoms with Gasteiger partial charge in [-0.2, -0.15) is 0 Å². The topological polar surface area (TPSA) is 42.4 Å². The molecule has 0 radical (unpaired) electrons. The fourth-order valence-electron chi connectivity index (χ4n) is 3.34. The van der Waals surface area contributed by atoms with Crippen LogP contribution in [0.2, 0.25) is 0 Å². The fourth-order valence-corrected chi connectivity index (χ4v) is 4.31. The average Bonchev–Trinajstić information content (AvgIpc) is 3.12. The van der Waals surface area contributed by atoms with Crippen LogP contribution in [0.15, 0.2) is 54.6 Å². The molecule has 0 bridgehead atoms. The van der Waals surface area contributed by atoms with Crippen molar-refractivity contribution >= 4 is 44.1 Å². The van der Waals surface area contributed by atoms with E-state index in [1.54, 1.807) is 7.11 Å². The number of pyridine rings is 1. The number of anilines is 1. The molecule has 4 rings (SSSR count). The maximum absolute atomic E-state index is 13.3. The summed E-state index contributed by atoms with van der Waals surface area (Å²) in [7, 11) is 1.65. The molecule has 4 aromatic rings. The van der Waals surface area contributed by atoms with E-state index < -0.39 is 0 Å². The number of thiophene rings is 1. The first-order valence-corrected chi connectivity index (χ1v) is 10.2. The van der Waals surface area contributed by atoms with Crippen molar-refractivity contribution < 1.29 is 9.53 Å². The van der Waals surface area contributed by atoms with E-state index >= 15 is 0 Å². The molecule has 0 aliphatic rings. The molecule has 2 aromatic carbocycles. The summed E-state index contributed by atoms with van der Waals surface area (Å²) in [4.78, 5) is 21.5. The molecule has 0 aliphatic carbocycles. The lowest BCUT2D eigenvalue weighted by Gasteiger charge is -2.22. The third-order valence-electron chi connectivity index (χ3n) is 4.73. The van der Waals surface area contributed by atoms with E-state index in [1.165, 1.54) is 11.3 Å². The van der Waals surface area contributed by atoms with Crippen molar-refractivity contribution in [2.45, 2.75) is 20.3 Å². The van der Waals surface area contributed by atoms with E-state index in [0.29, 0.717) is 11.4 Å². The van der Waals surface area contributed by atoms with Gasteiger partial charge >= 0.3 is 0 Å². The molecule has 0 saturated heterocycles. The number of ether oxygens (including phenoxy) is 1. The Morgan fingerprint density at radius 3 is 2.71 bits per heavy atom. The van der Waals surface area contributed by atoms with Crippen LogP contribution in [0, 0.1) is 6.92 Å². The minimum Gasteiger partial charge on any atom is -0.497 e. The van der Waals surface area contributed by atoms with Gasteiger partial charge in [0.1, 0.15) is 10.6 Å². The summed E-state index contributed by atoms with van der Waals surface area (Å²) in [5, 5.41) is 2.03. The van der Waals surface area contributed by atoms with Gasteiger partial charge in [-0.3, -0.25) is 4.79 Å². The zero-order valence-electron chi connectivity index (χ0n) is 16.2. The molecule has 0 spiro atoms. The number of amides is 1. The van der Waals surface area contributed by atoms with Crippen LogP contribution in [-0.2, 0) is 0 Å². The molecule has 4 nitrogen and oxygen atoms in total. The highest BCUT2D eigenvalue weighted by atomic mass is 32.1. The van der Waals surface area contributed by atoms with Crippen LogP contribution < -0.4 is 9.64 Å². The second-order valence-electron chi connectivity index (χ2n) is 6.85. The van der Waals surface area contributed by atoms with Gasteiger partial charge in [0.05, 0.1) is 17.5 Å². The van der Waals surface area contributed by atoms with Crippen molar-refractivity contribution in [2.75, 3.05) is 18.6 Å². The molecule has 142 valence electrons. The quantitative estimate of drug-likeness (QED) is 0.431. The number of nitrogens with zero attached hydrogens (tertiary/aromatic N) is 2. The van der Waals surface area contributed by atoms with Gasteiger partial charge in [-0.1, -0.05) is 19.1 Å². The molecule has 1 amide bonds. The number of hydrogen-bond acceptors (Lipinski definition) is 4. The van der Waals surface area contributed by atoms with Gasteiger partial charge in [0, 0.05) is 29.1 Å². The predicted octanol–water partition coefficient (Wildman–Crippen LogP) is 5.82. The fraction of sp³-hybridized carbons (Fsp3) is 0.217. The highest BCUT2D eigenvalue weighted by Gasteiger charge is 2.20. The first kappa shape index (κ1) is 18.4. The van der Waals surface area contributed by atoms with Crippen molar-refractivity contribution in [3.8, 4) is 5.75 Å². The van der Waals surface area contributed by atoms with E-state index in [4.69, 9.17) is 9.72 Å². The highest BCUT2D eigenvalue weighted by Crippen LogP contribution is 2.31. The molecule has 2 aromatic heterocycles. The zero-order valence-corrected chi connectivity index (χ0v) is 17.0. The van der Waals surface area contributed by atoms with Crippen LogP contribution >= 0.6 is 11.3 Å². The Morgan fingerprint density at radius 1 is 1.11 bits per heavy atom. The number of aryl methyl sites for hydroxylation is 1.